The number of fused-ring (bicyclic) bond motifs is 4. The van der Waals surface area contributed by atoms with Gasteiger partial charge in [-0.05, 0) is 63.2 Å². The van der Waals surface area contributed by atoms with Gasteiger partial charge in [-0.2, -0.15) is 0 Å². The molecule has 0 aromatic heterocycles. The van der Waals surface area contributed by atoms with Crippen LogP contribution in [0.1, 0.15) is 90.9 Å². The maximum absolute atomic E-state index is 11.9. The molecule has 0 amide bonds. The van der Waals surface area contributed by atoms with Crippen LogP contribution < -0.4 is 0 Å². The van der Waals surface area contributed by atoms with Crippen LogP contribution in [0.3, 0.4) is 0 Å². The quantitative estimate of drug-likeness (QED) is 0.534. The zero-order valence-electron chi connectivity index (χ0n) is 16.9. The summed E-state index contributed by atoms with van der Waals surface area (Å²) < 4.78 is 0. The Labute approximate surface area is 160 Å². The highest BCUT2D eigenvalue weighted by Crippen LogP contribution is 2.43. The van der Waals surface area contributed by atoms with Gasteiger partial charge in [-0.1, -0.05) is 51.7 Å². The van der Waals surface area contributed by atoms with E-state index in [1.165, 1.54) is 57.8 Å². The van der Waals surface area contributed by atoms with Crippen molar-refractivity contribution >= 4 is 11.6 Å². The fourth-order valence-electron chi connectivity index (χ4n) is 5.77. The molecule has 0 aliphatic heterocycles. The molecule has 146 valence electrons. The summed E-state index contributed by atoms with van der Waals surface area (Å²) in [4.78, 5) is 23.7. The summed E-state index contributed by atoms with van der Waals surface area (Å²) in [5.74, 6) is 4.38. The third-order valence-electron chi connectivity index (χ3n) is 7.30. The molecule has 0 saturated heterocycles. The van der Waals surface area contributed by atoms with E-state index < -0.39 is 0 Å². The summed E-state index contributed by atoms with van der Waals surface area (Å²) in [7, 11) is 0. The number of Topliss-reactive ketones (excluding diaryl/α,β-unsaturated/α-hetero) is 2. The number of hydrogen-bond donors (Lipinski definition) is 0. The number of hydrogen-bond acceptors (Lipinski definition) is 2. The van der Waals surface area contributed by atoms with Crippen molar-refractivity contribution < 1.29 is 9.59 Å². The minimum Gasteiger partial charge on any atom is -0.299 e. The summed E-state index contributed by atoms with van der Waals surface area (Å²) in [6, 6.07) is 0. The third-order valence-corrected chi connectivity index (χ3v) is 7.30. The van der Waals surface area contributed by atoms with Gasteiger partial charge in [0.1, 0.15) is 11.6 Å². The van der Waals surface area contributed by atoms with Gasteiger partial charge in [-0.15, -0.1) is 0 Å². The maximum atomic E-state index is 11.9. The molecule has 4 aliphatic carbocycles. The molecular weight excluding hydrogens is 320 g/mol. The Bertz CT molecular complexity index is 514. The Morgan fingerprint density at radius 2 is 1.50 bits per heavy atom. The minimum atomic E-state index is 0.292. The van der Waals surface area contributed by atoms with Crippen molar-refractivity contribution in [1.29, 1.82) is 0 Å². The Kier molecular flexibility index (Phi) is 7.12. The first-order chi connectivity index (χ1) is 12.6. The van der Waals surface area contributed by atoms with Crippen LogP contribution in [-0.2, 0) is 9.59 Å². The van der Waals surface area contributed by atoms with E-state index in [1.807, 2.05) is 0 Å². The van der Waals surface area contributed by atoms with Crippen molar-refractivity contribution in [2.75, 3.05) is 0 Å². The van der Waals surface area contributed by atoms with Crippen molar-refractivity contribution in [2.24, 2.45) is 35.5 Å². The first-order valence-electron chi connectivity index (χ1n) is 11.4. The fourth-order valence-corrected chi connectivity index (χ4v) is 5.77. The molecule has 0 aromatic rings. The molecule has 3 fully saturated rings. The maximum Gasteiger partial charge on any atom is 0.142 e. The van der Waals surface area contributed by atoms with Gasteiger partial charge in [0.2, 0.25) is 0 Å². The molecule has 4 rings (SSSR count). The molecule has 6 atom stereocenters. The highest BCUT2D eigenvalue weighted by Gasteiger charge is 2.40. The first kappa shape index (κ1) is 19.8. The van der Waals surface area contributed by atoms with Crippen LogP contribution in [0.25, 0.3) is 0 Å². The Morgan fingerprint density at radius 3 is 2.19 bits per heavy atom. The molecular formula is C24H38O2. The molecule has 2 nitrogen and oxygen atoms in total. The van der Waals surface area contributed by atoms with Gasteiger partial charge < -0.3 is 0 Å². The summed E-state index contributed by atoms with van der Waals surface area (Å²) >= 11 is 0. The molecule has 0 aromatic carbocycles. The van der Waals surface area contributed by atoms with Crippen molar-refractivity contribution in [2.45, 2.75) is 90.9 Å². The van der Waals surface area contributed by atoms with Gasteiger partial charge in [0.15, 0.2) is 0 Å². The van der Waals surface area contributed by atoms with E-state index >= 15 is 0 Å². The lowest BCUT2D eigenvalue weighted by molar-refractivity contribution is -0.129. The number of carbonyl (C=O) groups is 2. The molecule has 6 unspecified atom stereocenters. The molecule has 2 heteroatoms. The highest BCUT2D eigenvalue weighted by atomic mass is 16.1. The Hall–Kier alpha value is -0.920. The standard InChI is InChI=1S/C12H20O.C12H18O/c2*1-2-3-4-10-7-9-5-6-11(8-9)12(10)13/h9-11H,2-8H2,1H3;5-6,9-11H,2-4,7-8H2,1H3. The van der Waals surface area contributed by atoms with E-state index in [9.17, 15) is 9.59 Å². The lowest BCUT2D eigenvalue weighted by atomic mass is 9.77. The van der Waals surface area contributed by atoms with Crippen molar-refractivity contribution in [3.05, 3.63) is 12.2 Å². The minimum absolute atomic E-state index is 0.292. The average molecular weight is 359 g/mol. The van der Waals surface area contributed by atoms with E-state index in [2.05, 4.69) is 26.0 Å². The first-order valence-corrected chi connectivity index (χ1v) is 11.4. The van der Waals surface area contributed by atoms with E-state index in [1.54, 1.807) is 0 Å². The SMILES string of the molecule is CCCCC1CC2C=CC(C2)C1=O.CCCCC1CC2CCC(C2)C1=O. The summed E-state index contributed by atoms with van der Waals surface area (Å²) in [5.41, 5.74) is 0. The van der Waals surface area contributed by atoms with Crippen LogP contribution in [0.4, 0.5) is 0 Å². The second-order valence-electron chi connectivity index (χ2n) is 9.32. The highest BCUT2D eigenvalue weighted by molar-refractivity contribution is 5.86. The smallest absolute Gasteiger partial charge is 0.142 e. The van der Waals surface area contributed by atoms with Gasteiger partial charge in [0.25, 0.3) is 0 Å². The van der Waals surface area contributed by atoms with Crippen LogP contribution >= 0.6 is 0 Å². The van der Waals surface area contributed by atoms with E-state index in [0.29, 0.717) is 35.2 Å². The average Bonchev–Trinajstić information content (AvgIpc) is 3.25. The number of rotatable bonds is 6. The number of allylic oxidation sites excluding steroid dienone is 2. The van der Waals surface area contributed by atoms with Crippen molar-refractivity contribution in [1.82, 2.24) is 0 Å². The molecule has 3 saturated carbocycles. The Morgan fingerprint density at radius 1 is 0.808 bits per heavy atom. The van der Waals surface area contributed by atoms with E-state index in [-0.39, 0.29) is 0 Å². The van der Waals surface area contributed by atoms with Crippen LogP contribution in [-0.4, -0.2) is 11.6 Å². The fraction of sp³-hybridized carbons (Fsp3) is 0.833. The number of ketones is 2. The predicted octanol–water partition coefficient (Wildman–Crippen LogP) is 6.14. The predicted molar refractivity (Wildman–Crippen MR) is 107 cm³/mol. The molecule has 26 heavy (non-hydrogen) atoms. The number of carbonyl (C=O) groups excluding carboxylic acids is 2. The second-order valence-corrected chi connectivity index (χ2v) is 9.32. The molecule has 4 bridgehead atoms. The normalized spacial score (nSPS) is 37.6. The van der Waals surface area contributed by atoms with Gasteiger partial charge in [-0.25, -0.2) is 0 Å². The van der Waals surface area contributed by atoms with Crippen molar-refractivity contribution in [3.8, 4) is 0 Å². The molecule has 0 N–H and O–H groups in total. The van der Waals surface area contributed by atoms with Gasteiger partial charge in [-0.3, -0.25) is 9.59 Å². The second kappa shape index (κ2) is 9.33. The summed E-state index contributed by atoms with van der Waals surface area (Å²) in [6.45, 7) is 4.40. The zero-order valence-corrected chi connectivity index (χ0v) is 16.9. The molecule has 0 radical (unpaired) electrons. The van der Waals surface area contributed by atoms with E-state index in [0.717, 1.165) is 31.1 Å². The van der Waals surface area contributed by atoms with Gasteiger partial charge in [0.05, 0.1) is 0 Å². The largest absolute Gasteiger partial charge is 0.299 e. The topological polar surface area (TPSA) is 34.1 Å². The monoisotopic (exact) mass is 358 g/mol. The van der Waals surface area contributed by atoms with Crippen molar-refractivity contribution in [3.63, 3.8) is 0 Å². The third kappa shape index (κ3) is 4.67. The van der Waals surface area contributed by atoms with Crippen LogP contribution in [0.15, 0.2) is 12.2 Å². The number of unbranched alkanes of at least 4 members (excludes halogenated alkanes) is 2. The van der Waals surface area contributed by atoms with Gasteiger partial charge in [0, 0.05) is 23.7 Å². The van der Waals surface area contributed by atoms with E-state index in [4.69, 9.17) is 0 Å². The van der Waals surface area contributed by atoms with Crippen LogP contribution in [0, 0.1) is 35.5 Å². The van der Waals surface area contributed by atoms with Gasteiger partial charge >= 0.3 is 0 Å². The molecule has 0 spiro atoms. The lowest BCUT2D eigenvalue weighted by Crippen LogP contribution is -2.28. The zero-order chi connectivity index (χ0) is 18.5. The summed E-state index contributed by atoms with van der Waals surface area (Å²) in [6.07, 6.45) is 18.8. The lowest BCUT2D eigenvalue weighted by Gasteiger charge is -2.26. The summed E-state index contributed by atoms with van der Waals surface area (Å²) in [5, 5.41) is 0. The molecule has 4 aliphatic rings. The molecule has 0 heterocycles. The van der Waals surface area contributed by atoms with Crippen LogP contribution in [0.2, 0.25) is 0 Å². The Balaban J connectivity index is 0.000000151. The van der Waals surface area contributed by atoms with Crippen LogP contribution in [0.5, 0.6) is 0 Å².